The first-order valence-corrected chi connectivity index (χ1v) is 12.5. The largest absolute Gasteiger partial charge is 0.457 e. The summed E-state index contributed by atoms with van der Waals surface area (Å²) in [4.78, 5) is 15.2. The molecule has 1 heterocycles. The molecule has 0 bridgehead atoms. The highest BCUT2D eigenvalue weighted by Gasteiger charge is 2.24. The second-order valence-corrected chi connectivity index (χ2v) is 9.02. The summed E-state index contributed by atoms with van der Waals surface area (Å²) in [5.74, 6) is 1.51. The van der Waals surface area contributed by atoms with E-state index in [1.165, 1.54) is 0 Å². The van der Waals surface area contributed by atoms with Crippen LogP contribution in [0, 0.1) is 0 Å². The van der Waals surface area contributed by atoms with Crippen LogP contribution in [0.4, 0.5) is 0 Å². The number of benzene rings is 2. The van der Waals surface area contributed by atoms with Crippen molar-refractivity contribution in [2.75, 3.05) is 39.4 Å². The van der Waals surface area contributed by atoms with Gasteiger partial charge < -0.3 is 20.3 Å². The summed E-state index contributed by atoms with van der Waals surface area (Å²) in [5, 5.41) is 21.9. The van der Waals surface area contributed by atoms with Crippen LogP contribution in [-0.4, -0.2) is 69.7 Å². The van der Waals surface area contributed by atoms with Crippen LogP contribution in [0.5, 0.6) is 11.5 Å². The molecule has 0 amide bonds. The second-order valence-electron chi connectivity index (χ2n) is 9.02. The summed E-state index contributed by atoms with van der Waals surface area (Å²) in [5.41, 5.74) is 0.807. The van der Waals surface area contributed by atoms with Gasteiger partial charge in [-0.2, -0.15) is 0 Å². The summed E-state index contributed by atoms with van der Waals surface area (Å²) >= 11 is 0. The van der Waals surface area contributed by atoms with Gasteiger partial charge in [0.1, 0.15) is 11.5 Å². The van der Waals surface area contributed by atoms with Crippen LogP contribution in [0.25, 0.3) is 5.69 Å². The zero-order chi connectivity index (χ0) is 24.5. The first-order chi connectivity index (χ1) is 17.2. The van der Waals surface area contributed by atoms with Crippen molar-refractivity contribution in [2.24, 2.45) is 0 Å². The van der Waals surface area contributed by atoms with Gasteiger partial charge in [0, 0.05) is 50.7 Å². The molecule has 8 heteroatoms. The quantitative estimate of drug-likeness (QED) is 0.369. The Balaban J connectivity index is 1.29. The van der Waals surface area contributed by atoms with Crippen molar-refractivity contribution < 1.29 is 14.9 Å². The minimum Gasteiger partial charge on any atom is -0.457 e. The average molecular weight is 481 g/mol. The van der Waals surface area contributed by atoms with Crippen molar-refractivity contribution in [1.82, 2.24) is 19.4 Å². The van der Waals surface area contributed by atoms with E-state index in [1.807, 2.05) is 71.6 Å². The lowest BCUT2D eigenvalue weighted by Gasteiger charge is -2.30. The van der Waals surface area contributed by atoms with Gasteiger partial charge in [-0.1, -0.05) is 18.2 Å². The minimum absolute atomic E-state index is 0.0122. The van der Waals surface area contributed by atoms with E-state index in [0.717, 1.165) is 56.0 Å². The van der Waals surface area contributed by atoms with Crippen molar-refractivity contribution in [1.29, 1.82) is 0 Å². The Morgan fingerprint density at radius 2 is 1.51 bits per heavy atom. The maximum Gasteiger partial charge on any atom is 0.332 e. The molecule has 2 aromatic carbocycles. The minimum atomic E-state index is -0.0122. The smallest absolute Gasteiger partial charge is 0.332 e. The van der Waals surface area contributed by atoms with Gasteiger partial charge in [-0.3, -0.25) is 14.0 Å². The number of aromatic nitrogens is 2. The van der Waals surface area contributed by atoms with Gasteiger partial charge >= 0.3 is 5.69 Å². The SMILES string of the molecule is O=c1n(-c2ccc(Oc3ccccc3)cc2)ccn1C1CCC(NCCN(CCO)CCO)CC1. The third kappa shape index (κ3) is 6.82. The van der Waals surface area contributed by atoms with Crippen LogP contribution in [0.2, 0.25) is 0 Å². The Morgan fingerprint density at radius 3 is 2.17 bits per heavy atom. The maximum absolute atomic E-state index is 13.1. The third-order valence-electron chi connectivity index (χ3n) is 6.68. The van der Waals surface area contributed by atoms with E-state index in [-0.39, 0.29) is 24.9 Å². The van der Waals surface area contributed by atoms with Crippen LogP contribution in [0.1, 0.15) is 31.7 Å². The molecule has 0 spiro atoms. The summed E-state index contributed by atoms with van der Waals surface area (Å²) in [7, 11) is 0. The number of aliphatic hydroxyl groups is 2. The highest BCUT2D eigenvalue weighted by molar-refractivity contribution is 5.39. The van der Waals surface area contributed by atoms with E-state index >= 15 is 0 Å². The van der Waals surface area contributed by atoms with Crippen LogP contribution in [-0.2, 0) is 0 Å². The van der Waals surface area contributed by atoms with E-state index < -0.39 is 0 Å². The van der Waals surface area contributed by atoms with Crippen LogP contribution < -0.4 is 15.7 Å². The number of hydrogen-bond acceptors (Lipinski definition) is 6. The predicted molar refractivity (Wildman–Crippen MR) is 136 cm³/mol. The molecule has 1 saturated carbocycles. The Bertz CT molecular complexity index is 1070. The molecule has 1 aromatic heterocycles. The fraction of sp³-hybridized carbons (Fsp3) is 0.444. The molecule has 3 N–H and O–H groups in total. The molecule has 0 aliphatic heterocycles. The molecule has 0 atom stereocenters. The average Bonchev–Trinajstić information content (AvgIpc) is 3.27. The number of imidazole rings is 1. The van der Waals surface area contributed by atoms with E-state index in [9.17, 15) is 4.79 Å². The molecule has 188 valence electrons. The monoisotopic (exact) mass is 480 g/mol. The standard InChI is InChI=1S/C27H36N4O4/c32-20-18-29(19-21-33)15-14-28-22-6-8-23(9-7-22)30-16-17-31(27(30)34)24-10-12-26(13-11-24)35-25-4-2-1-3-5-25/h1-5,10-13,16-17,22-23,28,32-33H,6-9,14-15,18-21H2. The lowest BCUT2D eigenvalue weighted by atomic mass is 9.91. The molecule has 4 rings (SSSR count). The van der Waals surface area contributed by atoms with Crippen molar-refractivity contribution in [3.8, 4) is 17.2 Å². The van der Waals surface area contributed by atoms with Gasteiger partial charge in [-0.05, 0) is 62.1 Å². The molecule has 1 aliphatic rings. The number of nitrogens with zero attached hydrogens (tertiary/aromatic N) is 3. The normalized spacial score (nSPS) is 18.1. The molecule has 1 fully saturated rings. The lowest BCUT2D eigenvalue weighted by Crippen LogP contribution is -2.41. The van der Waals surface area contributed by atoms with Gasteiger partial charge in [0.2, 0.25) is 0 Å². The van der Waals surface area contributed by atoms with Crippen molar-refractivity contribution >= 4 is 0 Å². The van der Waals surface area contributed by atoms with Crippen LogP contribution >= 0.6 is 0 Å². The zero-order valence-corrected chi connectivity index (χ0v) is 20.1. The Labute approximate surface area is 206 Å². The van der Waals surface area contributed by atoms with E-state index in [0.29, 0.717) is 19.1 Å². The highest BCUT2D eigenvalue weighted by Crippen LogP contribution is 2.28. The van der Waals surface area contributed by atoms with Gasteiger partial charge in [0.25, 0.3) is 0 Å². The number of ether oxygens (including phenoxy) is 1. The first-order valence-electron chi connectivity index (χ1n) is 12.5. The van der Waals surface area contributed by atoms with Crippen LogP contribution in [0.3, 0.4) is 0 Å². The van der Waals surface area contributed by atoms with Gasteiger partial charge in [0.05, 0.1) is 18.9 Å². The molecule has 0 unspecified atom stereocenters. The molecule has 8 nitrogen and oxygen atoms in total. The summed E-state index contributed by atoms with van der Waals surface area (Å²) in [6.07, 6.45) is 7.71. The molecule has 0 radical (unpaired) electrons. The Hall–Kier alpha value is -2.91. The first kappa shape index (κ1) is 25.2. The summed E-state index contributed by atoms with van der Waals surface area (Å²) in [6.45, 7) is 3.00. The number of aliphatic hydroxyl groups excluding tert-OH is 2. The third-order valence-corrected chi connectivity index (χ3v) is 6.68. The fourth-order valence-electron chi connectivity index (χ4n) is 4.77. The zero-order valence-electron chi connectivity index (χ0n) is 20.1. The van der Waals surface area contributed by atoms with Gasteiger partial charge in [-0.25, -0.2) is 4.79 Å². The molecule has 35 heavy (non-hydrogen) atoms. The number of hydrogen-bond donors (Lipinski definition) is 3. The molecular formula is C27H36N4O4. The topological polar surface area (TPSA) is 91.9 Å². The molecule has 3 aromatic rings. The summed E-state index contributed by atoms with van der Waals surface area (Å²) < 4.78 is 9.41. The van der Waals surface area contributed by atoms with E-state index in [4.69, 9.17) is 14.9 Å². The number of nitrogens with one attached hydrogen (secondary N) is 1. The number of para-hydroxylation sites is 1. The lowest BCUT2D eigenvalue weighted by molar-refractivity contribution is 0.159. The molecule has 0 saturated heterocycles. The molecular weight excluding hydrogens is 444 g/mol. The Kier molecular flexibility index (Phi) is 9.14. The molecule has 1 aliphatic carbocycles. The van der Waals surface area contributed by atoms with Gasteiger partial charge in [0.15, 0.2) is 0 Å². The van der Waals surface area contributed by atoms with E-state index in [2.05, 4.69) is 10.2 Å². The predicted octanol–water partition coefficient (Wildman–Crippen LogP) is 2.79. The second kappa shape index (κ2) is 12.7. The fourth-order valence-corrected chi connectivity index (χ4v) is 4.77. The van der Waals surface area contributed by atoms with Crippen molar-refractivity contribution in [3.63, 3.8) is 0 Å². The van der Waals surface area contributed by atoms with Crippen LogP contribution in [0.15, 0.2) is 71.8 Å². The number of rotatable bonds is 12. The Morgan fingerprint density at radius 1 is 0.857 bits per heavy atom. The highest BCUT2D eigenvalue weighted by atomic mass is 16.5. The maximum atomic E-state index is 13.1. The van der Waals surface area contributed by atoms with Crippen molar-refractivity contribution in [3.05, 3.63) is 77.5 Å². The van der Waals surface area contributed by atoms with Gasteiger partial charge in [-0.15, -0.1) is 0 Å². The summed E-state index contributed by atoms with van der Waals surface area (Å²) in [6, 6.07) is 17.8. The van der Waals surface area contributed by atoms with Crippen molar-refractivity contribution in [2.45, 2.75) is 37.8 Å². The van der Waals surface area contributed by atoms with E-state index in [1.54, 1.807) is 4.57 Å².